The Morgan fingerprint density at radius 2 is 2.14 bits per heavy atom. The average molecular weight is 416 g/mol. The predicted octanol–water partition coefficient (Wildman–Crippen LogP) is 2.27. The van der Waals surface area contributed by atoms with Crippen molar-refractivity contribution in [2.24, 2.45) is 4.99 Å². The highest BCUT2D eigenvalue weighted by Gasteiger charge is 2.15. The van der Waals surface area contributed by atoms with Gasteiger partial charge in [-0.3, -0.25) is 9.79 Å². The summed E-state index contributed by atoms with van der Waals surface area (Å²) in [6.45, 7) is 8.40. The Morgan fingerprint density at radius 3 is 2.77 bits per heavy atom. The monoisotopic (exact) mass is 416 g/mol. The lowest BCUT2D eigenvalue weighted by molar-refractivity contribution is 0.0919. The van der Waals surface area contributed by atoms with E-state index in [4.69, 9.17) is 0 Å². The molecule has 1 aliphatic heterocycles. The summed E-state index contributed by atoms with van der Waals surface area (Å²) in [4.78, 5) is 16.5. The van der Waals surface area contributed by atoms with E-state index in [2.05, 4.69) is 20.9 Å². The largest absolute Gasteiger partial charge is 0.356 e. The van der Waals surface area contributed by atoms with Crippen molar-refractivity contribution in [2.45, 2.75) is 39.3 Å². The lowest BCUT2D eigenvalue weighted by atomic mass is 10.1. The van der Waals surface area contributed by atoms with Gasteiger partial charge in [0.25, 0.3) is 5.91 Å². The first kappa shape index (κ1) is 18.7. The van der Waals surface area contributed by atoms with Crippen LogP contribution in [0.1, 0.15) is 43.1 Å². The molecule has 2 rings (SSSR count). The third-order valence-electron chi connectivity index (χ3n) is 3.03. The molecule has 0 atom stereocenters. The van der Waals surface area contributed by atoms with Crippen molar-refractivity contribution in [1.82, 2.24) is 16.0 Å². The summed E-state index contributed by atoms with van der Waals surface area (Å²) in [5, 5.41) is 9.45. The van der Waals surface area contributed by atoms with Crippen molar-refractivity contribution >= 4 is 35.8 Å². The van der Waals surface area contributed by atoms with Crippen LogP contribution in [0.4, 0.5) is 0 Å². The third kappa shape index (κ3) is 6.21. The molecule has 5 nitrogen and oxygen atoms in total. The quantitative estimate of drug-likeness (QED) is 0.663. The summed E-state index contributed by atoms with van der Waals surface area (Å²) < 4.78 is 0. The van der Waals surface area contributed by atoms with Crippen LogP contribution >= 0.6 is 24.0 Å². The van der Waals surface area contributed by atoms with Crippen LogP contribution < -0.4 is 16.0 Å². The molecule has 0 bridgehead atoms. The minimum atomic E-state index is -0.230. The summed E-state index contributed by atoms with van der Waals surface area (Å²) >= 11 is 0. The number of carbonyl (C=O) groups is 1. The van der Waals surface area contributed by atoms with E-state index >= 15 is 0 Å². The maximum Gasteiger partial charge on any atom is 0.251 e. The van der Waals surface area contributed by atoms with E-state index in [0.29, 0.717) is 12.1 Å². The summed E-state index contributed by atoms with van der Waals surface area (Å²) in [6, 6.07) is 7.66. The van der Waals surface area contributed by atoms with E-state index in [1.54, 1.807) is 0 Å². The van der Waals surface area contributed by atoms with Crippen molar-refractivity contribution in [2.75, 3.05) is 13.1 Å². The van der Waals surface area contributed by atoms with E-state index < -0.39 is 0 Å². The average Bonchev–Trinajstić information content (AvgIpc) is 2.45. The van der Waals surface area contributed by atoms with Crippen LogP contribution in [0.25, 0.3) is 0 Å². The molecular weight excluding hydrogens is 391 g/mol. The van der Waals surface area contributed by atoms with Crippen LogP contribution in [0.2, 0.25) is 0 Å². The number of nitrogens with zero attached hydrogens (tertiary/aromatic N) is 1. The highest BCUT2D eigenvalue weighted by molar-refractivity contribution is 14.0. The van der Waals surface area contributed by atoms with Gasteiger partial charge in [-0.1, -0.05) is 12.1 Å². The Bertz CT molecular complexity index is 537. The zero-order valence-electron chi connectivity index (χ0n) is 13.4. The van der Waals surface area contributed by atoms with Crippen LogP contribution in [0.5, 0.6) is 0 Å². The Labute approximate surface area is 149 Å². The molecule has 6 heteroatoms. The summed E-state index contributed by atoms with van der Waals surface area (Å²) in [6.07, 6.45) is 1.08. The Hall–Kier alpha value is -1.31. The molecule has 122 valence electrons. The molecule has 3 N–H and O–H groups in total. The Balaban J connectivity index is 0.00000242. The number of halogens is 1. The zero-order valence-corrected chi connectivity index (χ0v) is 15.7. The second-order valence-corrected chi connectivity index (χ2v) is 6.27. The predicted molar refractivity (Wildman–Crippen MR) is 101 cm³/mol. The standard InChI is InChI=1S/C16H24N4O.HI/c1-16(2,3)20-14(21)13-7-4-6-12(10-13)11-19-15-17-8-5-9-18-15;/h4,6-7,10H,5,8-9,11H2,1-3H3,(H,20,21)(H2,17,18,19);1H. The molecule has 0 radical (unpaired) electrons. The molecule has 1 aromatic carbocycles. The number of hydrogen-bond acceptors (Lipinski definition) is 4. The molecule has 1 heterocycles. The second kappa shape index (κ2) is 8.36. The van der Waals surface area contributed by atoms with Crippen LogP contribution in [0.15, 0.2) is 29.3 Å². The topological polar surface area (TPSA) is 65.5 Å². The normalized spacial score (nSPS) is 14.2. The second-order valence-electron chi connectivity index (χ2n) is 6.27. The van der Waals surface area contributed by atoms with Crippen molar-refractivity contribution in [1.29, 1.82) is 0 Å². The number of aliphatic imine (C=N–C) groups is 1. The molecule has 1 amide bonds. The number of nitrogens with one attached hydrogen (secondary N) is 3. The number of guanidine groups is 1. The highest BCUT2D eigenvalue weighted by Crippen LogP contribution is 2.08. The lowest BCUT2D eigenvalue weighted by Gasteiger charge is -2.20. The molecule has 0 saturated carbocycles. The van der Waals surface area contributed by atoms with Gasteiger partial charge in [-0.05, 0) is 44.9 Å². The van der Waals surface area contributed by atoms with Crippen LogP contribution in [-0.4, -0.2) is 30.5 Å². The summed E-state index contributed by atoms with van der Waals surface area (Å²) in [5.41, 5.74) is 1.51. The SMILES string of the molecule is CC(C)(C)NC(=O)c1cccc(CNC2=NCCCN2)c1.I. The first-order chi connectivity index (χ1) is 9.94. The molecule has 1 aliphatic rings. The first-order valence-corrected chi connectivity index (χ1v) is 7.38. The molecule has 0 saturated heterocycles. The fourth-order valence-electron chi connectivity index (χ4n) is 2.07. The fraction of sp³-hybridized carbons (Fsp3) is 0.500. The van der Waals surface area contributed by atoms with Crippen LogP contribution in [0.3, 0.4) is 0 Å². The number of hydrogen-bond donors (Lipinski definition) is 3. The van der Waals surface area contributed by atoms with Crippen molar-refractivity contribution < 1.29 is 4.79 Å². The van der Waals surface area contributed by atoms with Gasteiger partial charge in [0.15, 0.2) is 5.96 Å². The van der Waals surface area contributed by atoms with Crippen molar-refractivity contribution in [3.8, 4) is 0 Å². The van der Waals surface area contributed by atoms with Crippen molar-refractivity contribution in [3.05, 3.63) is 35.4 Å². The van der Waals surface area contributed by atoms with Crippen molar-refractivity contribution in [3.63, 3.8) is 0 Å². The zero-order chi connectivity index (χ0) is 15.3. The third-order valence-corrected chi connectivity index (χ3v) is 3.03. The van der Waals surface area contributed by atoms with Gasteiger partial charge in [0, 0.05) is 30.7 Å². The van der Waals surface area contributed by atoms with Gasteiger partial charge in [-0.2, -0.15) is 0 Å². The fourth-order valence-corrected chi connectivity index (χ4v) is 2.07. The number of amides is 1. The smallest absolute Gasteiger partial charge is 0.251 e. The van der Waals surface area contributed by atoms with Gasteiger partial charge in [0.05, 0.1) is 0 Å². The first-order valence-electron chi connectivity index (χ1n) is 7.38. The van der Waals surface area contributed by atoms with Gasteiger partial charge in [-0.15, -0.1) is 24.0 Å². The summed E-state index contributed by atoms with van der Waals surface area (Å²) in [5.74, 6) is 0.795. The van der Waals surface area contributed by atoms with Gasteiger partial charge in [0.1, 0.15) is 0 Å². The van der Waals surface area contributed by atoms with E-state index in [-0.39, 0.29) is 35.4 Å². The van der Waals surface area contributed by atoms with E-state index in [1.807, 2.05) is 45.0 Å². The minimum absolute atomic E-state index is 0. The van der Waals surface area contributed by atoms with E-state index in [0.717, 1.165) is 31.0 Å². The number of carbonyl (C=O) groups excluding carboxylic acids is 1. The molecule has 0 aliphatic carbocycles. The van der Waals surface area contributed by atoms with Gasteiger partial charge in [-0.25, -0.2) is 0 Å². The Morgan fingerprint density at radius 1 is 1.36 bits per heavy atom. The Kier molecular flexibility index (Phi) is 7.12. The van der Waals surface area contributed by atoms with Crippen LogP contribution in [-0.2, 0) is 6.54 Å². The molecule has 0 unspecified atom stereocenters. The number of benzene rings is 1. The lowest BCUT2D eigenvalue weighted by Crippen LogP contribution is -2.41. The molecule has 1 aromatic rings. The maximum atomic E-state index is 12.2. The molecule has 22 heavy (non-hydrogen) atoms. The molecule has 0 aromatic heterocycles. The minimum Gasteiger partial charge on any atom is -0.356 e. The van der Waals surface area contributed by atoms with E-state index in [9.17, 15) is 4.79 Å². The molecule has 0 fully saturated rings. The van der Waals surface area contributed by atoms with Crippen LogP contribution in [0, 0.1) is 0 Å². The molecular formula is C16H25IN4O. The van der Waals surface area contributed by atoms with Gasteiger partial charge in [0.2, 0.25) is 0 Å². The van der Waals surface area contributed by atoms with E-state index in [1.165, 1.54) is 0 Å². The molecule has 0 spiro atoms. The van der Waals surface area contributed by atoms with Gasteiger partial charge < -0.3 is 16.0 Å². The highest BCUT2D eigenvalue weighted by atomic mass is 127. The maximum absolute atomic E-state index is 12.2. The summed E-state index contributed by atoms with van der Waals surface area (Å²) in [7, 11) is 0. The van der Waals surface area contributed by atoms with Gasteiger partial charge >= 0.3 is 0 Å². The number of rotatable bonds is 3.